The first-order valence-electron chi connectivity index (χ1n) is 11.3. The van der Waals surface area contributed by atoms with Crippen LogP contribution in [-0.2, 0) is 9.59 Å². The lowest BCUT2D eigenvalue weighted by atomic mass is 9.85. The van der Waals surface area contributed by atoms with E-state index in [1.54, 1.807) is 0 Å². The van der Waals surface area contributed by atoms with Crippen molar-refractivity contribution in [3.63, 3.8) is 0 Å². The van der Waals surface area contributed by atoms with E-state index in [-0.39, 0.29) is 35.3 Å². The second-order valence-electron chi connectivity index (χ2n) is 9.01. The lowest BCUT2D eigenvalue weighted by Gasteiger charge is -2.36. The van der Waals surface area contributed by atoms with Gasteiger partial charge < -0.3 is 0 Å². The van der Waals surface area contributed by atoms with Crippen molar-refractivity contribution in [2.45, 2.75) is 18.9 Å². The zero-order valence-corrected chi connectivity index (χ0v) is 20.0. The minimum atomic E-state index is -1.25. The molecule has 1 saturated heterocycles. The van der Waals surface area contributed by atoms with E-state index in [0.29, 0.717) is 5.02 Å². The van der Waals surface area contributed by atoms with Crippen LogP contribution < -0.4 is 0 Å². The lowest BCUT2D eigenvalue weighted by Crippen LogP contribution is -2.58. The molecule has 180 valence electrons. The summed E-state index contributed by atoms with van der Waals surface area (Å²) in [6, 6.07) is 9.58. The predicted molar refractivity (Wildman–Crippen MR) is 127 cm³/mol. The molecule has 2 aromatic rings. The average molecular weight is 515 g/mol. The third kappa shape index (κ3) is 3.96. The van der Waals surface area contributed by atoms with Gasteiger partial charge in [0.1, 0.15) is 11.9 Å². The minimum Gasteiger partial charge on any atom is -0.292 e. The molecule has 6 nitrogen and oxygen atoms in total. The molecular formula is C26H21Cl2FN2O4. The highest BCUT2D eigenvalue weighted by atomic mass is 35.5. The van der Waals surface area contributed by atoms with Crippen molar-refractivity contribution in [3.05, 3.63) is 82.6 Å². The van der Waals surface area contributed by atoms with Gasteiger partial charge in [0.25, 0.3) is 17.7 Å². The predicted octanol–water partition coefficient (Wildman–Crippen LogP) is 4.52. The Morgan fingerprint density at radius 2 is 1.49 bits per heavy atom. The van der Waals surface area contributed by atoms with Crippen molar-refractivity contribution in [1.82, 2.24) is 10.0 Å². The fourth-order valence-electron chi connectivity index (χ4n) is 5.47. The molecule has 0 unspecified atom stereocenters. The Bertz CT molecular complexity index is 1200. The van der Waals surface area contributed by atoms with Gasteiger partial charge in [-0.3, -0.25) is 19.2 Å². The smallest absolute Gasteiger partial charge is 0.273 e. The average Bonchev–Trinajstić information content (AvgIpc) is 3.54. The molecule has 0 spiro atoms. The number of imide groups is 1. The number of hydrogen-bond donors (Lipinski definition) is 0. The number of benzene rings is 2. The van der Waals surface area contributed by atoms with Crippen molar-refractivity contribution in [1.29, 1.82) is 0 Å². The fourth-order valence-corrected chi connectivity index (χ4v) is 5.80. The largest absolute Gasteiger partial charge is 0.292 e. The van der Waals surface area contributed by atoms with Crippen molar-refractivity contribution >= 4 is 46.7 Å². The molecule has 0 radical (unpaired) electrons. The zero-order chi connectivity index (χ0) is 24.9. The van der Waals surface area contributed by atoms with Crippen LogP contribution in [0.15, 0.2) is 60.7 Å². The first-order chi connectivity index (χ1) is 16.8. The third-order valence-electron chi connectivity index (χ3n) is 7.07. The van der Waals surface area contributed by atoms with Gasteiger partial charge in [0, 0.05) is 22.0 Å². The lowest BCUT2D eigenvalue weighted by molar-refractivity contribution is -0.157. The van der Waals surface area contributed by atoms with E-state index in [9.17, 15) is 23.6 Å². The number of alkyl halides is 1. The topological polar surface area (TPSA) is 74.8 Å². The summed E-state index contributed by atoms with van der Waals surface area (Å²) in [6.07, 6.45) is 4.61. The number of halogens is 3. The first kappa shape index (κ1) is 23.7. The summed E-state index contributed by atoms with van der Waals surface area (Å²) in [5.74, 6) is -4.04. The number of Topliss-reactive ketones (excluding diaryl/α,β-unsaturated/α-hetero) is 1. The maximum Gasteiger partial charge on any atom is 0.273 e. The van der Waals surface area contributed by atoms with Crippen LogP contribution in [0.3, 0.4) is 0 Å². The number of hydrazine groups is 1. The van der Waals surface area contributed by atoms with E-state index in [0.717, 1.165) is 28.6 Å². The van der Waals surface area contributed by atoms with Gasteiger partial charge in [0.15, 0.2) is 5.78 Å². The highest BCUT2D eigenvalue weighted by molar-refractivity contribution is 6.30. The van der Waals surface area contributed by atoms with Gasteiger partial charge >= 0.3 is 0 Å². The van der Waals surface area contributed by atoms with Crippen LogP contribution >= 0.6 is 23.2 Å². The number of rotatable bonds is 7. The highest BCUT2D eigenvalue weighted by Crippen LogP contribution is 2.53. The number of amides is 3. The molecule has 1 heterocycles. The van der Waals surface area contributed by atoms with Gasteiger partial charge in [-0.1, -0.05) is 23.8 Å². The van der Waals surface area contributed by atoms with Crippen LogP contribution in [0.25, 0.3) is 0 Å². The number of carbonyl (C=O) groups is 4. The second-order valence-corrected chi connectivity index (χ2v) is 9.82. The molecule has 2 aromatic carbocycles. The Balaban J connectivity index is 1.59. The Kier molecular flexibility index (Phi) is 6.23. The molecule has 9 heteroatoms. The van der Waals surface area contributed by atoms with Gasteiger partial charge in [-0.15, -0.1) is 11.6 Å². The minimum absolute atomic E-state index is 0.0160. The zero-order valence-electron chi connectivity index (χ0n) is 18.4. The number of fused-ring (bicyclic) bond motifs is 5. The first-order valence-corrected chi connectivity index (χ1v) is 12.2. The summed E-state index contributed by atoms with van der Waals surface area (Å²) in [4.78, 5) is 54.6. The normalized spacial score (nSPS) is 25.2. The Hall–Kier alpha value is -3.03. The van der Waals surface area contributed by atoms with Gasteiger partial charge in [-0.25, -0.2) is 9.40 Å². The fraction of sp³-hybridized carbons (Fsp3) is 0.308. The van der Waals surface area contributed by atoms with E-state index in [1.165, 1.54) is 36.4 Å². The summed E-state index contributed by atoms with van der Waals surface area (Å²) in [5.41, 5.74) is 0.288. The van der Waals surface area contributed by atoms with Gasteiger partial charge in [-0.05, 0) is 73.2 Å². The monoisotopic (exact) mass is 514 g/mol. The Morgan fingerprint density at radius 1 is 0.943 bits per heavy atom. The molecular weight excluding hydrogens is 494 g/mol. The van der Waals surface area contributed by atoms with Gasteiger partial charge in [0.2, 0.25) is 0 Å². The Morgan fingerprint density at radius 3 is 2.03 bits per heavy atom. The van der Waals surface area contributed by atoms with Crippen LogP contribution in [0, 0.1) is 29.5 Å². The number of allylic oxidation sites excluding steroid dienone is 2. The van der Waals surface area contributed by atoms with E-state index in [4.69, 9.17) is 23.2 Å². The van der Waals surface area contributed by atoms with E-state index in [2.05, 4.69) is 0 Å². The number of nitrogens with zero attached hydrogens (tertiary/aromatic N) is 2. The summed E-state index contributed by atoms with van der Waals surface area (Å²) in [5, 5.41) is 2.22. The molecule has 0 N–H and O–H groups in total. The van der Waals surface area contributed by atoms with Crippen molar-refractivity contribution in [2.75, 3.05) is 5.88 Å². The molecule has 2 fully saturated rings. The van der Waals surface area contributed by atoms with E-state index >= 15 is 0 Å². The number of hydrogen-bond acceptors (Lipinski definition) is 4. The van der Waals surface area contributed by atoms with Crippen molar-refractivity contribution in [2.24, 2.45) is 23.7 Å². The standard InChI is InChI=1S/C26H21Cl2FN2O4/c27-12-11-20(23(32)14-5-9-19(29)10-6-14)30(24(33)15-3-7-18(28)8-4-15)31-25(34)21-16-1-2-17(13-16)22(21)26(31)35/h1-10,16-17,20-22H,11-13H2/t16-,17-,20+,21-,22+/m0/s1. The Labute approximate surface area is 211 Å². The number of carbonyl (C=O) groups excluding carboxylic acids is 4. The van der Waals surface area contributed by atoms with Crippen molar-refractivity contribution in [3.8, 4) is 0 Å². The molecule has 1 saturated carbocycles. The van der Waals surface area contributed by atoms with Crippen LogP contribution in [0.4, 0.5) is 4.39 Å². The molecule has 3 aliphatic rings. The summed E-state index contributed by atoms with van der Waals surface area (Å²) in [6.45, 7) is 0. The maximum atomic E-state index is 13.8. The molecule has 3 amide bonds. The van der Waals surface area contributed by atoms with Crippen LogP contribution in [-0.4, -0.2) is 45.4 Å². The van der Waals surface area contributed by atoms with Gasteiger partial charge in [0.05, 0.1) is 11.8 Å². The summed E-state index contributed by atoms with van der Waals surface area (Å²) >= 11 is 12.0. The molecule has 2 bridgehead atoms. The van der Waals surface area contributed by atoms with Crippen LogP contribution in [0.1, 0.15) is 33.6 Å². The molecule has 1 aliphatic heterocycles. The molecule has 0 aromatic heterocycles. The summed E-state index contributed by atoms with van der Waals surface area (Å²) < 4.78 is 13.5. The van der Waals surface area contributed by atoms with Crippen molar-refractivity contribution < 1.29 is 23.6 Å². The molecule has 35 heavy (non-hydrogen) atoms. The molecule has 5 rings (SSSR count). The van der Waals surface area contributed by atoms with E-state index < -0.39 is 47.2 Å². The third-order valence-corrected chi connectivity index (χ3v) is 7.54. The highest BCUT2D eigenvalue weighted by Gasteiger charge is 2.62. The maximum absolute atomic E-state index is 13.8. The van der Waals surface area contributed by atoms with Gasteiger partial charge in [-0.2, -0.15) is 5.01 Å². The molecule has 2 aliphatic carbocycles. The number of ketones is 1. The molecule has 5 atom stereocenters. The summed E-state index contributed by atoms with van der Waals surface area (Å²) in [7, 11) is 0. The second kappa shape index (κ2) is 9.21. The quantitative estimate of drug-likeness (QED) is 0.235. The van der Waals surface area contributed by atoms with Crippen LogP contribution in [0.2, 0.25) is 5.02 Å². The van der Waals surface area contributed by atoms with Crippen LogP contribution in [0.5, 0.6) is 0 Å². The van der Waals surface area contributed by atoms with E-state index in [1.807, 2.05) is 12.2 Å². The SMILES string of the molecule is O=C(c1ccc(F)cc1)[C@@H](CCCl)N(C(=O)c1ccc(Cl)cc1)N1C(=O)[C@@H]2[C@H](C1=O)[C@H]1C=C[C@H]2C1.